The van der Waals surface area contributed by atoms with Crippen molar-refractivity contribution in [1.29, 1.82) is 0 Å². The first kappa shape index (κ1) is 30.8. The molecular formula is C27H17F6N5O7. The number of carbonyl (C=O) groups is 3. The van der Waals surface area contributed by atoms with Gasteiger partial charge in [-0.2, -0.15) is 13.2 Å². The maximum absolute atomic E-state index is 13.5. The van der Waals surface area contributed by atoms with Crippen molar-refractivity contribution in [3.8, 4) is 17.2 Å². The predicted molar refractivity (Wildman–Crippen MR) is 140 cm³/mol. The van der Waals surface area contributed by atoms with E-state index in [1.807, 2.05) is 0 Å². The summed E-state index contributed by atoms with van der Waals surface area (Å²) < 4.78 is 91.7. The highest BCUT2D eigenvalue weighted by atomic mass is 19.4. The molecule has 0 radical (unpaired) electrons. The number of benzene rings is 2. The van der Waals surface area contributed by atoms with Crippen LogP contribution in [0.1, 0.15) is 12.5 Å². The first-order valence-electron chi connectivity index (χ1n) is 12.6. The number of aromatic nitrogens is 3. The van der Waals surface area contributed by atoms with Gasteiger partial charge in [0.2, 0.25) is 0 Å². The Labute approximate surface area is 246 Å². The fourth-order valence-corrected chi connectivity index (χ4v) is 4.32. The first-order chi connectivity index (χ1) is 21.2. The zero-order valence-corrected chi connectivity index (χ0v) is 22.5. The molecule has 0 aliphatic carbocycles. The summed E-state index contributed by atoms with van der Waals surface area (Å²) in [5.41, 5.74) is -0.560. The van der Waals surface area contributed by atoms with E-state index in [4.69, 9.17) is 4.74 Å². The molecule has 5 rings (SSSR count). The lowest BCUT2D eigenvalue weighted by Gasteiger charge is -2.22. The molecule has 3 amide bonds. The number of aryl methyl sites for hydroxylation is 1. The van der Waals surface area contributed by atoms with Gasteiger partial charge < -0.3 is 19.2 Å². The predicted octanol–water partition coefficient (Wildman–Crippen LogP) is 4.98. The molecule has 1 N–H and O–H groups in total. The van der Waals surface area contributed by atoms with E-state index < -0.39 is 53.7 Å². The van der Waals surface area contributed by atoms with E-state index in [0.29, 0.717) is 16.5 Å². The molecule has 1 saturated heterocycles. The summed E-state index contributed by atoms with van der Waals surface area (Å²) in [5, 5.41) is 0. The number of alkyl halides is 6. The fourth-order valence-electron chi connectivity index (χ4n) is 4.32. The molecule has 0 saturated carbocycles. The molecule has 1 fully saturated rings. The minimum absolute atomic E-state index is 0.146. The molecule has 1 aliphatic heterocycles. The second-order valence-electron chi connectivity index (χ2n) is 9.13. The average Bonchev–Trinajstić information content (AvgIpc) is 3.20. The molecule has 1 unspecified atom stereocenters. The Bertz CT molecular complexity index is 1880. The van der Waals surface area contributed by atoms with Crippen molar-refractivity contribution >= 4 is 40.4 Å². The third-order valence-electron chi connectivity index (χ3n) is 6.19. The zero-order valence-electron chi connectivity index (χ0n) is 22.5. The largest absolute Gasteiger partial charge is 0.573 e. The van der Waals surface area contributed by atoms with Crippen LogP contribution in [0.5, 0.6) is 17.2 Å². The van der Waals surface area contributed by atoms with Gasteiger partial charge in [0.1, 0.15) is 17.0 Å². The van der Waals surface area contributed by atoms with Gasteiger partial charge in [0.05, 0.1) is 17.6 Å². The van der Waals surface area contributed by atoms with Crippen molar-refractivity contribution in [1.82, 2.24) is 15.0 Å². The monoisotopic (exact) mass is 637 g/mol. The van der Waals surface area contributed by atoms with Gasteiger partial charge in [-0.1, -0.05) is 13.0 Å². The Morgan fingerprint density at radius 2 is 1.71 bits per heavy atom. The molecule has 45 heavy (non-hydrogen) atoms. The Balaban J connectivity index is 1.53. The lowest BCUT2D eigenvalue weighted by Crippen LogP contribution is -2.42. The minimum Gasteiger partial charge on any atom is -0.455 e. The third-order valence-corrected chi connectivity index (χ3v) is 6.19. The van der Waals surface area contributed by atoms with Crippen LogP contribution in [0.25, 0.3) is 11.2 Å². The molecule has 0 bridgehead atoms. The van der Waals surface area contributed by atoms with Crippen LogP contribution in [0.3, 0.4) is 0 Å². The number of rotatable bonds is 7. The number of hydrogen-bond donors (Lipinski definition) is 1. The lowest BCUT2D eigenvalue weighted by molar-refractivity contribution is -0.274. The molecule has 2 aromatic carbocycles. The van der Waals surface area contributed by atoms with Gasteiger partial charge in [-0.3, -0.25) is 9.59 Å². The SMILES string of the molecule is CCc1cc(N2C(=O)C(OC(=O)C(F)(F)F)N(c3cccc(OC(F)(F)F)c3)C2=O)ccc1Oc1ccnc2ncc(=O)[nH]c12. The average molecular weight is 637 g/mol. The summed E-state index contributed by atoms with van der Waals surface area (Å²) in [4.78, 5) is 61.6. The van der Waals surface area contributed by atoms with Gasteiger partial charge >= 0.3 is 24.5 Å². The molecule has 1 atom stereocenters. The molecule has 1 aliphatic rings. The Morgan fingerprint density at radius 3 is 2.40 bits per heavy atom. The molecular weight excluding hydrogens is 620 g/mol. The number of ether oxygens (including phenoxy) is 3. The van der Waals surface area contributed by atoms with Crippen LogP contribution in [0.4, 0.5) is 42.5 Å². The van der Waals surface area contributed by atoms with Crippen molar-refractivity contribution in [3.63, 3.8) is 0 Å². The Kier molecular flexibility index (Phi) is 7.82. The van der Waals surface area contributed by atoms with Crippen LogP contribution in [-0.2, 0) is 20.7 Å². The number of imide groups is 1. The van der Waals surface area contributed by atoms with E-state index >= 15 is 0 Å². The van der Waals surface area contributed by atoms with Crippen LogP contribution in [0, 0.1) is 0 Å². The standard InChI is InChI=1S/C27H17F6N5O7/c1-2-13-10-15(6-7-17(13)43-18-8-9-34-21-20(18)36-19(39)12-35-21)37-22(40)23(44-24(41)26(28,29)30)38(25(37)42)14-4-3-5-16(11-14)45-27(31,32)33/h3-12,23H,2H2,1H3,(H,36,39). The normalized spacial score (nSPS) is 15.5. The van der Waals surface area contributed by atoms with Gasteiger partial charge in [0.25, 0.3) is 17.7 Å². The van der Waals surface area contributed by atoms with E-state index in [9.17, 15) is 45.5 Å². The molecule has 12 nitrogen and oxygen atoms in total. The smallest absolute Gasteiger partial charge is 0.455 e. The van der Waals surface area contributed by atoms with E-state index in [1.54, 1.807) is 6.92 Å². The number of carbonyl (C=O) groups excluding carboxylic acids is 3. The summed E-state index contributed by atoms with van der Waals surface area (Å²) in [6, 6.07) is 7.37. The van der Waals surface area contributed by atoms with Crippen LogP contribution in [-0.4, -0.2) is 51.6 Å². The topological polar surface area (TPSA) is 144 Å². The van der Waals surface area contributed by atoms with Crippen molar-refractivity contribution in [2.75, 3.05) is 9.80 Å². The lowest BCUT2D eigenvalue weighted by atomic mass is 10.1. The third kappa shape index (κ3) is 6.34. The highest BCUT2D eigenvalue weighted by molar-refractivity contribution is 6.28. The Morgan fingerprint density at radius 1 is 0.956 bits per heavy atom. The van der Waals surface area contributed by atoms with Gasteiger partial charge in [-0.15, -0.1) is 13.2 Å². The van der Waals surface area contributed by atoms with Gasteiger partial charge in [-0.05, 0) is 42.3 Å². The number of fused-ring (bicyclic) bond motifs is 1. The number of nitrogens with one attached hydrogen (secondary N) is 1. The number of nitrogens with zero attached hydrogens (tertiary/aromatic N) is 4. The quantitative estimate of drug-likeness (QED) is 0.169. The summed E-state index contributed by atoms with van der Waals surface area (Å²) in [7, 11) is 0. The second kappa shape index (κ2) is 11.4. The van der Waals surface area contributed by atoms with Crippen LogP contribution >= 0.6 is 0 Å². The molecule has 0 spiro atoms. The van der Waals surface area contributed by atoms with E-state index in [2.05, 4.69) is 24.4 Å². The number of hydrogen-bond acceptors (Lipinski definition) is 9. The number of aromatic amines is 1. The summed E-state index contributed by atoms with van der Waals surface area (Å²) >= 11 is 0. The van der Waals surface area contributed by atoms with E-state index in [0.717, 1.165) is 24.4 Å². The van der Waals surface area contributed by atoms with E-state index in [1.165, 1.54) is 30.5 Å². The second-order valence-corrected chi connectivity index (χ2v) is 9.13. The first-order valence-corrected chi connectivity index (χ1v) is 12.6. The van der Waals surface area contributed by atoms with Crippen LogP contribution in [0.2, 0.25) is 0 Å². The summed E-state index contributed by atoms with van der Waals surface area (Å²) in [6.07, 6.45) is -10.7. The zero-order chi connectivity index (χ0) is 32.7. The van der Waals surface area contributed by atoms with Gasteiger partial charge in [0, 0.05) is 18.3 Å². The fraction of sp³-hybridized carbons (Fsp3) is 0.185. The summed E-state index contributed by atoms with van der Waals surface area (Å²) in [5.74, 6) is -4.80. The van der Waals surface area contributed by atoms with Crippen molar-refractivity contribution < 1.29 is 54.9 Å². The molecule has 234 valence electrons. The number of amides is 3. The summed E-state index contributed by atoms with van der Waals surface area (Å²) in [6.45, 7) is 1.68. The van der Waals surface area contributed by atoms with Crippen molar-refractivity contribution in [3.05, 3.63) is 76.8 Å². The number of pyridine rings is 1. The number of esters is 1. The molecule has 2 aromatic heterocycles. The van der Waals surface area contributed by atoms with Gasteiger partial charge in [-0.25, -0.2) is 29.4 Å². The number of urea groups is 1. The van der Waals surface area contributed by atoms with Crippen molar-refractivity contribution in [2.24, 2.45) is 0 Å². The maximum atomic E-state index is 13.5. The highest BCUT2D eigenvalue weighted by Crippen LogP contribution is 2.37. The molecule has 3 heterocycles. The van der Waals surface area contributed by atoms with Crippen LogP contribution in [0.15, 0.2) is 65.7 Å². The maximum Gasteiger partial charge on any atom is 0.573 e. The molecule has 4 aromatic rings. The highest BCUT2D eigenvalue weighted by Gasteiger charge is 2.53. The molecule has 18 heteroatoms. The number of H-pyrrole nitrogens is 1. The Hall–Kier alpha value is -5.68. The minimum atomic E-state index is -5.57. The van der Waals surface area contributed by atoms with Gasteiger partial charge in [0.15, 0.2) is 11.4 Å². The number of anilines is 2. The van der Waals surface area contributed by atoms with E-state index in [-0.39, 0.29) is 39.7 Å². The van der Waals surface area contributed by atoms with Crippen molar-refractivity contribution in [2.45, 2.75) is 32.1 Å². The van der Waals surface area contributed by atoms with Crippen LogP contribution < -0.4 is 24.8 Å². The number of halogens is 6.